The lowest BCUT2D eigenvalue weighted by atomic mass is 10.0. The third-order valence-corrected chi connectivity index (χ3v) is 8.56. The van der Waals surface area contributed by atoms with Crippen LogP contribution in [0.2, 0.25) is 0 Å². The number of ether oxygens (including phenoxy) is 1. The summed E-state index contributed by atoms with van der Waals surface area (Å²) in [5.41, 5.74) is 2.16. The summed E-state index contributed by atoms with van der Waals surface area (Å²) >= 11 is 0.964. The molecule has 0 saturated heterocycles. The number of likely N-dealkylation sites (N-methyl/N-ethyl adjacent to an activating group) is 1. The van der Waals surface area contributed by atoms with Gasteiger partial charge < -0.3 is 35.1 Å². The van der Waals surface area contributed by atoms with Crippen LogP contribution in [0.5, 0.6) is 5.75 Å². The minimum atomic E-state index is -0.866. The molecule has 0 spiro atoms. The summed E-state index contributed by atoms with van der Waals surface area (Å²) in [6, 6.07) is 17.7. The molecule has 0 aliphatic heterocycles. The lowest BCUT2D eigenvalue weighted by Gasteiger charge is -2.27. The maximum atomic E-state index is 13.2. The maximum Gasteiger partial charge on any atom is 0.305 e. The van der Waals surface area contributed by atoms with Crippen LogP contribution in [0.25, 0.3) is 21.0 Å². The number of benzene rings is 3. The van der Waals surface area contributed by atoms with E-state index in [1.807, 2.05) is 17.0 Å². The smallest absolute Gasteiger partial charge is 0.305 e. The van der Waals surface area contributed by atoms with Gasteiger partial charge in [-0.3, -0.25) is 9.59 Å². The molecule has 0 aliphatic carbocycles. The zero-order valence-corrected chi connectivity index (χ0v) is 25.3. The standard InChI is InChI=1S/C32H42N4O5S/c1-3-35(4-2)18-19-36(17-16-33-22-28(38)26-12-13-27(37)30-31(26)42-32(40)34-30)29(39)15-21-41-20-14-24-10-7-9-23-8-5-6-11-25(23)24/h5-13,28,33,37-38H,3-4,14-22H2,1-2H3,(H,34,40)/t28-/m1/s1. The number of hydrogen-bond acceptors (Lipinski definition) is 8. The first-order valence-corrected chi connectivity index (χ1v) is 15.5. The molecule has 1 aromatic heterocycles. The Bertz CT molecular complexity index is 1490. The maximum absolute atomic E-state index is 13.2. The van der Waals surface area contributed by atoms with Crippen molar-refractivity contribution >= 4 is 38.2 Å². The molecular weight excluding hydrogens is 552 g/mol. The van der Waals surface area contributed by atoms with Crippen LogP contribution in [-0.4, -0.2) is 89.9 Å². The van der Waals surface area contributed by atoms with Gasteiger partial charge in [0.2, 0.25) is 5.91 Å². The largest absolute Gasteiger partial charge is 0.506 e. The quantitative estimate of drug-likeness (QED) is 0.137. The monoisotopic (exact) mass is 594 g/mol. The molecule has 1 heterocycles. The van der Waals surface area contributed by atoms with E-state index in [2.05, 4.69) is 59.4 Å². The molecule has 0 aliphatic rings. The molecule has 10 heteroatoms. The molecule has 1 atom stereocenters. The average molecular weight is 595 g/mol. The lowest BCUT2D eigenvalue weighted by Crippen LogP contribution is -2.42. The molecule has 0 fully saturated rings. The number of amides is 1. The number of aromatic hydroxyl groups is 1. The highest BCUT2D eigenvalue weighted by Crippen LogP contribution is 2.31. The van der Waals surface area contributed by atoms with E-state index < -0.39 is 6.10 Å². The topological polar surface area (TPSA) is 118 Å². The van der Waals surface area contributed by atoms with Crippen molar-refractivity contribution in [3.63, 3.8) is 0 Å². The Hall–Kier alpha value is -3.28. The van der Waals surface area contributed by atoms with Crippen LogP contribution in [0.1, 0.15) is 37.5 Å². The summed E-state index contributed by atoms with van der Waals surface area (Å²) in [5.74, 6) is 0.0270. The summed E-state index contributed by atoms with van der Waals surface area (Å²) in [6.07, 6.45) is 0.240. The van der Waals surface area contributed by atoms with Gasteiger partial charge in [0.25, 0.3) is 0 Å². The van der Waals surface area contributed by atoms with Crippen LogP contribution in [-0.2, 0) is 16.0 Å². The van der Waals surface area contributed by atoms with Crippen molar-refractivity contribution in [2.75, 3.05) is 59.0 Å². The Morgan fingerprint density at radius 1 is 1.02 bits per heavy atom. The van der Waals surface area contributed by atoms with Crippen molar-refractivity contribution in [1.82, 2.24) is 20.1 Å². The first-order valence-electron chi connectivity index (χ1n) is 14.7. The van der Waals surface area contributed by atoms with Gasteiger partial charge in [-0.2, -0.15) is 0 Å². The van der Waals surface area contributed by atoms with E-state index in [9.17, 15) is 19.8 Å². The molecule has 4 rings (SSSR count). The van der Waals surface area contributed by atoms with Crippen LogP contribution in [0.4, 0.5) is 0 Å². The van der Waals surface area contributed by atoms with E-state index >= 15 is 0 Å². The third-order valence-electron chi connectivity index (χ3n) is 7.63. The highest BCUT2D eigenvalue weighted by Gasteiger charge is 2.18. The van der Waals surface area contributed by atoms with Gasteiger partial charge in [-0.1, -0.05) is 73.7 Å². The van der Waals surface area contributed by atoms with Gasteiger partial charge in [-0.05, 0) is 41.9 Å². The molecule has 1 amide bonds. The number of nitrogens with one attached hydrogen (secondary N) is 2. The number of aliphatic hydroxyl groups excluding tert-OH is 1. The summed E-state index contributed by atoms with van der Waals surface area (Å²) < 4.78 is 6.43. The molecule has 0 radical (unpaired) electrons. The fourth-order valence-electron chi connectivity index (χ4n) is 5.14. The van der Waals surface area contributed by atoms with E-state index in [4.69, 9.17) is 4.74 Å². The van der Waals surface area contributed by atoms with Crippen LogP contribution < -0.4 is 10.2 Å². The number of phenolic OH excluding ortho intramolecular Hbond substituents is 1. The predicted octanol–water partition coefficient (Wildman–Crippen LogP) is 3.89. The number of aromatic nitrogens is 1. The number of aliphatic hydroxyl groups is 1. The van der Waals surface area contributed by atoms with Crippen LogP contribution in [0.3, 0.4) is 0 Å². The van der Waals surface area contributed by atoms with Crippen molar-refractivity contribution in [2.24, 2.45) is 0 Å². The lowest BCUT2D eigenvalue weighted by molar-refractivity contribution is -0.132. The molecule has 42 heavy (non-hydrogen) atoms. The number of rotatable bonds is 17. The second kappa shape index (κ2) is 15.8. The van der Waals surface area contributed by atoms with Gasteiger partial charge in [0.05, 0.1) is 30.4 Å². The van der Waals surface area contributed by atoms with Crippen molar-refractivity contribution in [1.29, 1.82) is 0 Å². The van der Waals surface area contributed by atoms with E-state index in [-0.39, 0.29) is 23.1 Å². The van der Waals surface area contributed by atoms with Crippen molar-refractivity contribution in [2.45, 2.75) is 32.8 Å². The Kier molecular flexibility index (Phi) is 11.9. The number of fused-ring (bicyclic) bond motifs is 2. The fraction of sp³-hybridized carbons (Fsp3) is 0.438. The predicted molar refractivity (Wildman–Crippen MR) is 169 cm³/mol. The Morgan fingerprint density at radius 2 is 1.81 bits per heavy atom. The fourth-order valence-corrected chi connectivity index (χ4v) is 6.06. The van der Waals surface area contributed by atoms with Crippen LogP contribution in [0, 0.1) is 0 Å². The van der Waals surface area contributed by atoms with Crippen molar-refractivity contribution < 1.29 is 19.7 Å². The number of carbonyl (C=O) groups is 1. The third kappa shape index (κ3) is 8.39. The summed E-state index contributed by atoms with van der Waals surface area (Å²) in [7, 11) is 0. The van der Waals surface area contributed by atoms with Crippen molar-refractivity contribution in [3.8, 4) is 5.75 Å². The molecule has 3 aromatic carbocycles. The summed E-state index contributed by atoms with van der Waals surface area (Å²) in [4.78, 5) is 31.4. The first-order chi connectivity index (χ1) is 20.4. The minimum absolute atomic E-state index is 0.0212. The number of H-pyrrole nitrogens is 1. The zero-order valence-electron chi connectivity index (χ0n) is 24.5. The second-order valence-electron chi connectivity index (χ2n) is 10.3. The number of phenols is 1. The average Bonchev–Trinajstić information content (AvgIpc) is 3.40. The van der Waals surface area contributed by atoms with Gasteiger partial charge in [0.1, 0.15) is 11.3 Å². The minimum Gasteiger partial charge on any atom is -0.506 e. The summed E-state index contributed by atoms with van der Waals surface area (Å²) in [5, 5.41) is 26.5. The number of carbonyl (C=O) groups excluding carboxylic acids is 1. The zero-order chi connectivity index (χ0) is 29.9. The number of aromatic amines is 1. The molecule has 4 N–H and O–H groups in total. The van der Waals surface area contributed by atoms with E-state index in [0.717, 1.165) is 37.4 Å². The molecule has 0 unspecified atom stereocenters. The van der Waals surface area contributed by atoms with Gasteiger partial charge in [-0.25, -0.2) is 0 Å². The SMILES string of the molecule is CCN(CC)CCN(CCNC[C@@H](O)c1ccc(O)c2[nH]c(=O)sc12)C(=O)CCOCCc1cccc2ccccc12. The number of thiazole rings is 1. The molecule has 9 nitrogen and oxygen atoms in total. The molecule has 0 saturated carbocycles. The van der Waals surface area contributed by atoms with Gasteiger partial charge in [0.15, 0.2) is 0 Å². The van der Waals surface area contributed by atoms with Crippen LogP contribution in [0.15, 0.2) is 59.4 Å². The van der Waals surface area contributed by atoms with E-state index in [1.54, 1.807) is 6.07 Å². The number of hydrogen-bond donors (Lipinski definition) is 4. The van der Waals surface area contributed by atoms with E-state index in [0.29, 0.717) is 55.0 Å². The van der Waals surface area contributed by atoms with Gasteiger partial charge in [-0.15, -0.1) is 0 Å². The normalized spacial score (nSPS) is 12.4. The molecule has 4 aromatic rings. The first kappa shape index (κ1) is 31.7. The second-order valence-corrected chi connectivity index (χ2v) is 11.3. The van der Waals surface area contributed by atoms with Gasteiger partial charge >= 0.3 is 4.87 Å². The van der Waals surface area contributed by atoms with Gasteiger partial charge in [0, 0.05) is 38.3 Å². The Labute approximate surface area is 250 Å². The Morgan fingerprint density at radius 3 is 2.62 bits per heavy atom. The van der Waals surface area contributed by atoms with E-state index in [1.165, 1.54) is 22.4 Å². The van der Waals surface area contributed by atoms with Crippen molar-refractivity contribution in [3.05, 3.63) is 75.4 Å². The van der Waals surface area contributed by atoms with Crippen LogP contribution >= 0.6 is 11.3 Å². The molecular formula is C32H42N4O5S. The molecule has 0 bridgehead atoms. The number of nitrogens with zero attached hydrogens (tertiary/aromatic N) is 2. The highest BCUT2D eigenvalue weighted by atomic mass is 32.1. The molecule has 226 valence electrons. The summed E-state index contributed by atoms with van der Waals surface area (Å²) in [6.45, 7) is 9.68. The Balaban J connectivity index is 1.25. The highest BCUT2D eigenvalue weighted by molar-refractivity contribution is 7.16.